The summed E-state index contributed by atoms with van der Waals surface area (Å²) in [7, 11) is 1.60. The second-order valence-electron chi connectivity index (χ2n) is 7.25. The highest BCUT2D eigenvalue weighted by atomic mass is 19.4. The van der Waals surface area contributed by atoms with Gasteiger partial charge in [-0.05, 0) is 35.4 Å². The molecule has 0 unspecified atom stereocenters. The van der Waals surface area contributed by atoms with E-state index in [2.05, 4.69) is 20.9 Å². The van der Waals surface area contributed by atoms with Crippen molar-refractivity contribution in [3.05, 3.63) is 70.8 Å². The fourth-order valence-electron chi connectivity index (χ4n) is 3.16. The number of hydrogen-bond acceptors (Lipinski definition) is 3. The summed E-state index contributed by atoms with van der Waals surface area (Å²) >= 11 is 0. The third-order valence-corrected chi connectivity index (χ3v) is 4.95. The molecule has 1 aliphatic rings. The first-order chi connectivity index (χ1) is 15.3. The van der Waals surface area contributed by atoms with E-state index in [1.807, 2.05) is 12.1 Å². The lowest BCUT2D eigenvalue weighted by Crippen LogP contribution is -2.49. The number of alkyl halides is 3. The smallest absolute Gasteiger partial charge is 0.353 e. The van der Waals surface area contributed by atoms with Gasteiger partial charge in [0.25, 0.3) is 5.91 Å². The standard InChI is InChI=1S/C22H24F3N5O2/c1-26-21(29-13-16-4-8-18(9-5-16)22(23,24)25)28-12-15-2-6-17(7-3-15)20(32)30-11-10-27-19(31)14-30/h2-9H,10-14H2,1H3,(H,27,31)(H2,26,28,29). The summed E-state index contributed by atoms with van der Waals surface area (Å²) in [6.45, 7) is 1.74. The van der Waals surface area contributed by atoms with Crippen molar-refractivity contribution in [2.45, 2.75) is 19.3 Å². The van der Waals surface area contributed by atoms with E-state index in [1.54, 1.807) is 19.2 Å². The lowest BCUT2D eigenvalue weighted by Gasteiger charge is -2.26. The van der Waals surface area contributed by atoms with E-state index in [4.69, 9.17) is 0 Å². The quantitative estimate of drug-likeness (QED) is 0.484. The van der Waals surface area contributed by atoms with Gasteiger partial charge < -0.3 is 20.9 Å². The highest BCUT2D eigenvalue weighted by Crippen LogP contribution is 2.29. The number of hydrogen-bond donors (Lipinski definition) is 3. The van der Waals surface area contributed by atoms with Crippen LogP contribution in [-0.2, 0) is 24.1 Å². The molecule has 0 aliphatic carbocycles. The maximum atomic E-state index is 12.6. The van der Waals surface area contributed by atoms with Crippen molar-refractivity contribution < 1.29 is 22.8 Å². The number of halogens is 3. The monoisotopic (exact) mass is 447 g/mol. The Labute approximate surface area is 183 Å². The lowest BCUT2D eigenvalue weighted by atomic mass is 10.1. The van der Waals surface area contributed by atoms with Gasteiger partial charge in [-0.25, -0.2) is 0 Å². The summed E-state index contributed by atoms with van der Waals surface area (Å²) in [5.74, 6) is 0.137. The van der Waals surface area contributed by atoms with Crippen LogP contribution >= 0.6 is 0 Å². The van der Waals surface area contributed by atoms with E-state index < -0.39 is 11.7 Å². The van der Waals surface area contributed by atoms with Gasteiger partial charge in [0, 0.05) is 38.8 Å². The first kappa shape index (κ1) is 23.1. The van der Waals surface area contributed by atoms with E-state index >= 15 is 0 Å². The number of carbonyl (C=O) groups excluding carboxylic acids is 2. The molecule has 7 nitrogen and oxygen atoms in total. The molecule has 170 valence electrons. The van der Waals surface area contributed by atoms with Crippen LogP contribution < -0.4 is 16.0 Å². The molecule has 2 amide bonds. The van der Waals surface area contributed by atoms with E-state index in [-0.39, 0.29) is 18.4 Å². The zero-order chi connectivity index (χ0) is 23.1. The van der Waals surface area contributed by atoms with E-state index in [1.165, 1.54) is 17.0 Å². The van der Waals surface area contributed by atoms with Gasteiger partial charge in [0.2, 0.25) is 5.91 Å². The SMILES string of the molecule is CN=C(NCc1ccc(C(=O)N2CCNC(=O)C2)cc1)NCc1ccc(C(F)(F)F)cc1. The molecule has 2 aromatic rings. The van der Waals surface area contributed by atoms with Crippen molar-refractivity contribution in [2.75, 3.05) is 26.7 Å². The second kappa shape index (κ2) is 10.2. The molecule has 0 saturated carbocycles. The molecule has 32 heavy (non-hydrogen) atoms. The summed E-state index contributed by atoms with van der Waals surface area (Å²) in [6, 6.07) is 12.0. The number of guanidine groups is 1. The largest absolute Gasteiger partial charge is 0.416 e. The molecule has 0 spiro atoms. The maximum Gasteiger partial charge on any atom is 0.416 e. The summed E-state index contributed by atoms with van der Waals surface area (Å²) in [5.41, 5.74) is 1.42. The average Bonchev–Trinajstić information content (AvgIpc) is 2.79. The first-order valence-electron chi connectivity index (χ1n) is 10.0. The van der Waals surface area contributed by atoms with Gasteiger partial charge >= 0.3 is 6.18 Å². The number of carbonyl (C=O) groups is 2. The van der Waals surface area contributed by atoms with Crippen LogP contribution in [-0.4, -0.2) is 49.4 Å². The molecular weight excluding hydrogens is 423 g/mol. The van der Waals surface area contributed by atoms with Crippen LogP contribution in [0.5, 0.6) is 0 Å². The minimum atomic E-state index is -4.36. The lowest BCUT2D eigenvalue weighted by molar-refractivity contribution is -0.137. The molecule has 2 aromatic carbocycles. The summed E-state index contributed by atoms with van der Waals surface area (Å²) in [4.78, 5) is 29.6. The molecule has 3 N–H and O–H groups in total. The number of nitrogens with zero attached hydrogens (tertiary/aromatic N) is 2. The molecule has 3 rings (SSSR count). The van der Waals surface area contributed by atoms with Gasteiger partial charge in [-0.15, -0.1) is 0 Å². The molecule has 10 heteroatoms. The van der Waals surface area contributed by atoms with Gasteiger partial charge in [0.05, 0.1) is 12.1 Å². The summed E-state index contributed by atoms with van der Waals surface area (Å²) in [6.07, 6.45) is -4.36. The zero-order valence-corrected chi connectivity index (χ0v) is 17.5. The van der Waals surface area contributed by atoms with Crippen molar-refractivity contribution in [1.82, 2.24) is 20.9 Å². The Morgan fingerprint density at radius 2 is 1.59 bits per heavy atom. The van der Waals surface area contributed by atoms with Gasteiger partial charge in [-0.3, -0.25) is 14.6 Å². The number of nitrogens with one attached hydrogen (secondary N) is 3. The summed E-state index contributed by atoms with van der Waals surface area (Å²) in [5, 5.41) is 8.86. The van der Waals surface area contributed by atoms with Gasteiger partial charge in [0.1, 0.15) is 0 Å². The van der Waals surface area contributed by atoms with Crippen LogP contribution in [0.15, 0.2) is 53.5 Å². The molecular formula is C22H24F3N5O2. The van der Waals surface area contributed by atoms with Crippen molar-refractivity contribution in [2.24, 2.45) is 4.99 Å². The predicted octanol–water partition coefficient (Wildman–Crippen LogP) is 2.14. The third kappa shape index (κ3) is 6.22. The average molecular weight is 447 g/mol. The highest BCUT2D eigenvalue weighted by molar-refractivity contribution is 5.97. The number of amides is 2. The fraction of sp³-hybridized carbons (Fsp3) is 0.318. The van der Waals surface area contributed by atoms with Crippen molar-refractivity contribution in [3.63, 3.8) is 0 Å². The van der Waals surface area contributed by atoms with Crippen LogP contribution in [0.3, 0.4) is 0 Å². The molecule has 0 radical (unpaired) electrons. The van der Waals surface area contributed by atoms with Gasteiger partial charge in [0.15, 0.2) is 5.96 Å². The molecule has 1 fully saturated rings. The minimum Gasteiger partial charge on any atom is -0.353 e. The zero-order valence-electron chi connectivity index (χ0n) is 17.5. The molecule has 0 atom stereocenters. The van der Waals surface area contributed by atoms with Crippen LogP contribution in [0, 0.1) is 0 Å². The van der Waals surface area contributed by atoms with Crippen molar-refractivity contribution >= 4 is 17.8 Å². The topological polar surface area (TPSA) is 85.8 Å². The second-order valence-corrected chi connectivity index (χ2v) is 7.25. The predicted molar refractivity (Wildman–Crippen MR) is 114 cm³/mol. The third-order valence-electron chi connectivity index (χ3n) is 4.95. The molecule has 1 aliphatic heterocycles. The molecule has 1 saturated heterocycles. The van der Waals surface area contributed by atoms with Crippen molar-refractivity contribution in [3.8, 4) is 0 Å². The number of aliphatic imine (C=N–C) groups is 1. The first-order valence-corrected chi connectivity index (χ1v) is 10.0. The number of benzene rings is 2. The van der Waals surface area contributed by atoms with E-state index in [0.29, 0.717) is 43.3 Å². The van der Waals surface area contributed by atoms with E-state index in [9.17, 15) is 22.8 Å². The Bertz CT molecular complexity index is 973. The number of piperazine rings is 1. The fourth-order valence-corrected chi connectivity index (χ4v) is 3.16. The van der Waals surface area contributed by atoms with Gasteiger partial charge in [-0.2, -0.15) is 13.2 Å². The van der Waals surface area contributed by atoms with Crippen LogP contribution in [0.2, 0.25) is 0 Å². The Morgan fingerprint density at radius 1 is 1.03 bits per heavy atom. The summed E-state index contributed by atoms with van der Waals surface area (Å²) < 4.78 is 37.9. The molecule has 0 bridgehead atoms. The Hall–Kier alpha value is -3.56. The van der Waals surface area contributed by atoms with Crippen LogP contribution in [0.4, 0.5) is 13.2 Å². The maximum absolute atomic E-state index is 12.6. The number of rotatable bonds is 5. The normalized spacial score (nSPS) is 14.7. The van der Waals surface area contributed by atoms with Crippen molar-refractivity contribution in [1.29, 1.82) is 0 Å². The Balaban J connectivity index is 1.49. The van der Waals surface area contributed by atoms with Crippen LogP contribution in [0.25, 0.3) is 0 Å². The molecule has 1 heterocycles. The Kier molecular flexibility index (Phi) is 7.34. The highest BCUT2D eigenvalue weighted by Gasteiger charge is 2.29. The Morgan fingerprint density at radius 3 is 2.09 bits per heavy atom. The van der Waals surface area contributed by atoms with Gasteiger partial charge in [-0.1, -0.05) is 24.3 Å². The molecule has 0 aromatic heterocycles. The van der Waals surface area contributed by atoms with Crippen LogP contribution in [0.1, 0.15) is 27.0 Å². The van der Waals surface area contributed by atoms with E-state index in [0.717, 1.165) is 17.7 Å². The minimum absolute atomic E-state index is 0.0586.